The number of rotatable bonds is 8. The van der Waals surface area contributed by atoms with Crippen LogP contribution in [-0.4, -0.2) is 13.2 Å². The lowest BCUT2D eigenvalue weighted by molar-refractivity contribution is -0.891. The molecule has 0 aliphatic carbocycles. The third-order valence-corrected chi connectivity index (χ3v) is 2.30. The van der Waals surface area contributed by atoms with Gasteiger partial charge in [-0.2, -0.15) is 0 Å². The van der Waals surface area contributed by atoms with Crippen LogP contribution in [0.3, 0.4) is 0 Å². The molecule has 0 saturated heterocycles. The summed E-state index contributed by atoms with van der Waals surface area (Å²) in [5.41, 5.74) is 1.14. The molecule has 0 atom stereocenters. The van der Waals surface area contributed by atoms with E-state index in [1.165, 1.54) is 12.8 Å². The van der Waals surface area contributed by atoms with E-state index in [9.17, 15) is 0 Å². The third kappa shape index (κ3) is 5.12. The Morgan fingerprint density at radius 2 is 2.12 bits per heavy atom. The van der Waals surface area contributed by atoms with Gasteiger partial charge in [0.05, 0.1) is 6.61 Å². The molecule has 0 fully saturated rings. The molecule has 0 saturated carbocycles. The van der Waals surface area contributed by atoms with Crippen molar-refractivity contribution in [2.24, 2.45) is 0 Å². The van der Waals surface area contributed by atoms with Gasteiger partial charge >= 0.3 is 0 Å². The van der Waals surface area contributed by atoms with E-state index in [1.54, 1.807) is 4.73 Å². The molecular formula is C13H22NO2+. The molecule has 16 heavy (non-hydrogen) atoms. The van der Waals surface area contributed by atoms with E-state index in [0.29, 0.717) is 6.61 Å². The van der Waals surface area contributed by atoms with Gasteiger partial charge in [0, 0.05) is 23.0 Å². The van der Waals surface area contributed by atoms with Crippen LogP contribution in [0.15, 0.2) is 24.5 Å². The number of pyridine rings is 1. The van der Waals surface area contributed by atoms with Crippen molar-refractivity contribution in [2.75, 3.05) is 13.2 Å². The zero-order valence-electron chi connectivity index (χ0n) is 10.3. The first-order chi connectivity index (χ1) is 7.86. The zero-order chi connectivity index (χ0) is 11.6. The molecule has 0 N–H and O–H groups in total. The summed E-state index contributed by atoms with van der Waals surface area (Å²) in [7, 11) is 0. The van der Waals surface area contributed by atoms with Crippen LogP contribution < -0.4 is 9.57 Å². The fourth-order valence-electron chi connectivity index (χ4n) is 1.41. The van der Waals surface area contributed by atoms with E-state index in [4.69, 9.17) is 9.57 Å². The quantitative estimate of drug-likeness (QED) is 0.498. The molecule has 0 radical (unpaired) electrons. The first-order valence-electron chi connectivity index (χ1n) is 6.08. The van der Waals surface area contributed by atoms with E-state index < -0.39 is 0 Å². The molecule has 1 aromatic rings. The van der Waals surface area contributed by atoms with Gasteiger partial charge < -0.3 is 4.74 Å². The summed E-state index contributed by atoms with van der Waals surface area (Å²) in [5.74, 6) is 0. The van der Waals surface area contributed by atoms with Crippen LogP contribution in [0.1, 0.15) is 38.7 Å². The van der Waals surface area contributed by atoms with Crippen molar-refractivity contribution in [1.29, 1.82) is 0 Å². The average Bonchev–Trinajstić information content (AvgIpc) is 2.33. The van der Waals surface area contributed by atoms with Gasteiger partial charge in [0.25, 0.3) is 0 Å². The summed E-state index contributed by atoms with van der Waals surface area (Å²) < 4.78 is 7.12. The Bertz CT molecular complexity index is 289. The smallest absolute Gasteiger partial charge is 0.227 e. The van der Waals surface area contributed by atoms with E-state index in [-0.39, 0.29) is 0 Å². The molecule has 0 aliphatic heterocycles. The van der Waals surface area contributed by atoms with Gasteiger partial charge in [-0.15, -0.1) is 0 Å². The average molecular weight is 224 g/mol. The van der Waals surface area contributed by atoms with E-state index >= 15 is 0 Å². The fraction of sp³-hybridized carbons (Fsp3) is 0.615. The minimum atomic E-state index is 0.648. The molecule has 1 rings (SSSR count). The lowest BCUT2D eigenvalue weighted by Crippen LogP contribution is -2.42. The standard InChI is InChI=1S/C13H22NO2/c1-3-5-6-10-16-14-9-7-8-13(11-14)12-15-4-2/h7-9,11H,3-6,10,12H2,1-2H3/q+1. The van der Waals surface area contributed by atoms with Gasteiger partial charge in [-0.1, -0.05) is 19.8 Å². The van der Waals surface area contributed by atoms with Gasteiger partial charge in [-0.25, -0.2) is 0 Å². The Hall–Kier alpha value is -1.09. The Labute approximate surface area is 98.0 Å². The summed E-state index contributed by atoms with van der Waals surface area (Å²) in [6.07, 6.45) is 7.44. The molecule has 1 heterocycles. The number of nitrogens with zero attached hydrogens (tertiary/aromatic N) is 1. The van der Waals surface area contributed by atoms with Crippen molar-refractivity contribution in [3.63, 3.8) is 0 Å². The minimum Gasteiger partial charge on any atom is -0.377 e. The molecule has 0 amide bonds. The topological polar surface area (TPSA) is 22.3 Å². The molecule has 0 unspecified atom stereocenters. The Kier molecular flexibility index (Phi) is 6.58. The Morgan fingerprint density at radius 3 is 2.88 bits per heavy atom. The van der Waals surface area contributed by atoms with Gasteiger partial charge in [0.15, 0.2) is 6.61 Å². The predicted molar refractivity (Wildman–Crippen MR) is 62.9 cm³/mol. The highest BCUT2D eigenvalue weighted by Crippen LogP contribution is 1.97. The highest BCUT2D eigenvalue weighted by Gasteiger charge is 2.03. The lowest BCUT2D eigenvalue weighted by Gasteiger charge is -2.01. The van der Waals surface area contributed by atoms with Crippen LogP contribution in [-0.2, 0) is 11.3 Å². The number of hydrogen-bond acceptors (Lipinski definition) is 2. The summed E-state index contributed by atoms with van der Waals surface area (Å²) in [5, 5.41) is 0. The summed E-state index contributed by atoms with van der Waals surface area (Å²) in [6, 6.07) is 4.02. The van der Waals surface area contributed by atoms with E-state index in [1.807, 2.05) is 31.5 Å². The van der Waals surface area contributed by atoms with Crippen LogP contribution in [0.4, 0.5) is 0 Å². The van der Waals surface area contributed by atoms with Crippen LogP contribution in [0, 0.1) is 0 Å². The molecule has 0 aromatic carbocycles. The second-order valence-corrected chi connectivity index (χ2v) is 3.75. The van der Waals surface area contributed by atoms with Crippen LogP contribution in [0.5, 0.6) is 0 Å². The molecule has 1 aromatic heterocycles. The maximum atomic E-state index is 5.59. The molecule has 0 spiro atoms. The fourth-order valence-corrected chi connectivity index (χ4v) is 1.41. The molecule has 90 valence electrons. The normalized spacial score (nSPS) is 10.4. The van der Waals surface area contributed by atoms with Crippen LogP contribution >= 0.6 is 0 Å². The van der Waals surface area contributed by atoms with Crippen LogP contribution in [0.25, 0.3) is 0 Å². The molecular weight excluding hydrogens is 202 g/mol. The highest BCUT2D eigenvalue weighted by molar-refractivity contribution is 5.03. The van der Waals surface area contributed by atoms with Crippen molar-refractivity contribution in [2.45, 2.75) is 39.7 Å². The molecule has 0 aliphatic rings. The van der Waals surface area contributed by atoms with E-state index in [2.05, 4.69) is 6.92 Å². The number of aromatic nitrogens is 1. The maximum Gasteiger partial charge on any atom is 0.227 e. The number of ether oxygens (including phenoxy) is 1. The second-order valence-electron chi connectivity index (χ2n) is 3.75. The first-order valence-corrected chi connectivity index (χ1v) is 6.08. The number of unbranched alkanes of at least 4 members (excludes halogenated alkanes) is 2. The first kappa shape index (κ1) is 13.0. The highest BCUT2D eigenvalue weighted by atomic mass is 16.7. The monoisotopic (exact) mass is 224 g/mol. The van der Waals surface area contributed by atoms with Crippen molar-refractivity contribution in [3.05, 3.63) is 30.1 Å². The number of hydrogen-bond donors (Lipinski definition) is 0. The van der Waals surface area contributed by atoms with Crippen molar-refractivity contribution < 1.29 is 14.3 Å². The van der Waals surface area contributed by atoms with Crippen LogP contribution in [0.2, 0.25) is 0 Å². The van der Waals surface area contributed by atoms with Crippen molar-refractivity contribution in [3.8, 4) is 0 Å². The van der Waals surface area contributed by atoms with Gasteiger partial charge in [0.1, 0.15) is 0 Å². The van der Waals surface area contributed by atoms with Crippen molar-refractivity contribution in [1.82, 2.24) is 0 Å². The predicted octanol–water partition coefficient (Wildman–Crippen LogP) is 2.13. The maximum absolute atomic E-state index is 5.59. The van der Waals surface area contributed by atoms with Gasteiger partial charge in [0.2, 0.25) is 12.4 Å². The third-order valence-electron chi connectivity index (χ3n) is 2.30. The Morgan fingerprint density at radius 1 is 1.25 bits per heavy atom. The summed E-state index contributed by atoms with van der Waals surface area (Å²) >= 11 is 0. The molecule has 3 nitrogen and oxygen atoms in total. The SMILES string of the molecule is CCCCCO[n+]1cccc(COCC)c1. The lowest BCUT2D eigenvalue weighted by atomic mass is 10.3. The second kappa shape index (κ2) is 8.11. The van der Waals surface area contributed by atoms with Gasteiger partial charge in [-0.05, 0) is 19.4 Å². The van der Waals surface area contributed by atoms with Gasteiger partial charge in [-0.3, -0.25) is 4.84 Å². The Balaban J connectivity index is 2.35. The minimum absolute atomic E-state index is 0.648. The molecule has 0 bridgehead atoms. The summed E-state index contributed by atoms with van der Waals surface area (Å²) in [4.78, 5) is 5.59. The van der Waals surface area contributed by atoms with E-state index in [0.717, 1.165) is 25.2 Å². The largest absolute Gasteiger partial charge is 0.377 e. The zero-order valence-corrected chi connectivity index (χ0v) is 10.3. The molecule has 3 heteroatoms. The van der Waals surface area contributed by atoms with Crippen molar-refractivity contribution >= 4 is 0 Å². The summed E-state index contributed by atoms with van der Waals surface area (Å²) in [6.45, 7) is 6.35.